The van der Waals surface area contributed by atoms with Crippen molar-refractivity contribution in [3.8, 4) is 0 Å². The second-order valence-electron chi connectivity index (χ2n) is 6.12. The number of rotatable bonds is 3. The van der Waals surface area contributed by atoms with E-state index in [4.69, 9.17) is 5.11 Å². The molecule has 3 aliphatic heterocycles. The first-order valence-corrected chi connectivity index (χ1v) is 7.53. The van der Waals surface area contributed by atoms with Crippen molar-refractivity contribution in [1.29, 1.82) is 0 Å². The van der Waals surface area contributed by atoms with Crippen LogP contribution in [0.5, 0.6) is 0 Å². The lowest BCUT2D eigenvalue weighted by atomic mass is 9.95. The Morgan fingerprint density at radius 3 is 2.67 bits per heavy atom. The number of fused-ring (bicyclic) bond motifs is 4. The van der Waals surface area contributed by atoms with Crippen LogP contribution in [0.15, 0.2) is 24.3 Å². The highest BCUT2D eigenvalue weighted by Crippen LogP contribution is 2.28. The van der Waals surface area contributed by atoms with Crippen molar-refractivity contribution < 1.29 is 14.3 Å². The molecule has 0 unspecified atom stereocenters. The van der Waals surface area contributed by atoms with E-state index in [1.807, 2.05) is 17.0 Å². The first-order valence-electron chi connectivity index (χ1n) is 7.53. The average Bonchev–Trinajstić information content (AvgIpc) is 2.79. The Morgan fingerprint density at radius 1 is 1.19 bits per heavy atom. The van der Waals surface area contributed by atoms with E-state index >= 15 is 0 Å². The second kappa shape index (κ2) is 6.12. The molecule has 21 heavy (non-hydrogen) atoms. The van der Waals surface area contributed by atoms with E-state index in [0.717, 1.165) is 44.6 Å². The molecule has 1 aromatic carbocycles. The molecule has 1 N–H and O–H groups in total. The minimum Gasteiger partial charge on any atom is -0.387 e. The Bertz CT molecular complexity index is 506. The summed E-state index contributed by atoms with van der Waals surface area (Å²) in [6.45, 7) is 2.93. The highest BCUT2D eigenvalue weighted by atomic mass is 19.1. The van der Waals surface area contributed by atoms with Crippen molar-refractivity contribution in [3.05, 3.63) is 35.6 Å². The van der Waals surface area contributed by atoms with Crippen LogP contribution < -0.4 is 0 Å². The van der Waals surface area contributed by atoms with E-state index in [0.29, 0.717) is 5.92 Å². The molecule has 4 rings (SSSR count). The number of benzene rings is 1. The highest BCUT2D eigenvalue weighted by molar-refractivity contribution is 5.77. The number of piperidine rings is 1. The molecule has 0 aliphatic carbocycles. The molecule has 3 aliphatic rings. The Labute approximate surface area is 124 Å². The molecule has 114 valence electrons. The smallest absolute Gasteiger partial charge is 0.248 e. The van der Waals surface area contributed by atoms with Gasteiger partial charge in [0.25, 0.3) is 0 Å². The fourth-order valence-corrected chi connectivity index (χ4v) is 3.55. The van der Waals surface area contributed by atoms with Gasteiger partial charge in [0, 0.05) is 32.2 Å². The van der Waals surface area contributed by atoms with Crippen LogP contribution in [0.1, 0.15) is 18.4 Å². The lowest BCUT2D eigenvalue weighted by molar-refractivity contribution is -0.138. The lowest BCUT2D eigenvalue weighted by Gasteiger charge is -2.35. The van der Waals surface area contributed by atoms with Gasteiger partial charge in [-0.25, -0.2) is 4.39 Å². The van der Waals surface area contributed by atoms with Crippen LogP contribution >= 0.6 is 0 Å². The van der Waals surface area contributed by atoms with Gasteiger partial charge in [-0.15, -0.1) is 0 Å². The first-order chi connectivity index (χ1) is 10.2. The molecule has 3 heterocycles. The summed E-state index contributed by atoms with van der Waals surface area (Å²) >= 11 is 0. The van der Waals surface area contributed by atoms with E-state index in [-0.39, 0.29) is 17.8 Å². The number of hydrogen-bond acceptors (Lipinski definition) is 3. The SMILES string of the molecule is O=C(CO)N1C[C@H]2CC[C@@H]1CN(Cc1ccc(F)cc1)C2. The molecule has 3 fully saturated rings. The molecule has 1 aromatic rings. The molecule has 0 saturated carbocycles. The van der Waals surface area contributed by atoms with Crippen LogP contribution in [0.25, 0.3) is 0 Å². The van der Waals surface area contributed by atoms with E-state index in [9.17, 15) is 9.18 Å². The number of carbonyl (C=O) groups is 1. The first kappa shape index (κ1) is 14.5. The van der Waals surface area contributed by atoms with Crippen LogP contribution in [0.2, 0.25) is 0 Å². The zero-order chi connectivity index (χ0) is 14.8. The minimum atomic E-state index is -0.402. The monoisotopic (exact) mass is 292 g/mol. The maximum Gasteiger partial charge on any atom is 0.248 e. The molecule has 2 bridgehead atoms. The number of aliphatic hydroxyl groups excluding tert-OH is 1. The van der Waals surface area contributed by atoms with Crippen LogP contribution in [0.3, 0.4) is 0 Å². The van der Waals surface area contributed by atoms with Crippen LogP contribution in [0.4, 0.5) is 4.39 Å². The molecule has 0 spiro atoms. The molecule has 5 heteroatoms. The standard InChI is InChI=1S/C16H21FN2O2/c17-14-4-1-12(2-5-14)7-18-8-13-3-6-15(10-18)19(9-13)16(21)11-20/h1-2,4-5,13,15,20H,3,6-11H2/t13-,15+/m0/s1. The summed E-state index contributed by atoms with van der Waals surface area (Å²) in [4.78, 5) is 16.0. The van der Waals surface area contributed by atoms with Gasteiger partial charge in [-0.1, -0.05) is 12.1 Å². The fraction of sp³-hybridized carbons (Fsp3) is 0.562. The van der Waals surface area contributed by atoms with Gasteiger partial charge < -0.3 is 10.0 Å². The lowest BCUT2D eigenvalue weighted by Crippen LogP contribution is -2.48. The van der Waals surface area contributed by atoms with E-state index in [1.54, 1.807) is 0 Å². The fourth-order valence-electron chi connectivity index (χ4n) is 3.55. The Hall–Kier alpha value is -1.46. The third-order valence-corrected chi connectivity index (χ3v) is 4.56. The number of nitrogens with zero attached hydrogens (tertiary/aromatic N) is 2. The van der Waals surface area contributed by atoms with Gasteiger partial charge in [-0.2, -0.15) is 0 Å². The zero-order valence-corrected chi connectivity index (χ0v) is 12.0. The third-order valence-electron chi connectivity index (χ3n) is 4.56. The van der Waals surface area contributed by atoms with Crippen molar-refractivity contribution >= 4 is 5.91 Å². The second-order valence-corrected chi connectivity index (χ2v) is 6.12. The molecule has 3 saturated heterocycles. The van der Waals surface area contributed by atoms with E-state index in [1.165, 1.54) is 12.1 Å². The Balaban J connectivity index is 1.69. The molecular weight excluding hydrogens is 271 g/mol. The van der Waals surface area contributed by atoms with E-state index < -0.39 is 6.61 Å². The van der Waals surface area contributed by atoms with Gasteiger partial charge in [0.2, 0.25) is 5.91 Å². The van der Waals surface area contributed by atoms with Gasteiger partial charge in [0.15, 0.2) is 0 Å². The van der Waals surface area contributed by atoms with Gasteiger partial charge in [0.05, 0.1) is 0 Å². The average molecular weight is 292 g/mol. The largest absolute Gasteiger partial charge is 0.387 e. The quantitative estimate of drug-likeness (QED) is 0.911. The van der Waals surface area contributed by atoms with Crippen LogP contribution in [0, 0.1) is 11.7 Å². The van der Waals surface area contributed by atoms with Gasteiger partial charge >= 0.3 is 0 Å². The summed E-state index contributed by atoms with van der Waals surface area (Å²) in [6.07, 6.45) is 2.15. The summed E-state index contributed by atoms with van der Waals surface area (Å²) in [7, 11) is 0. The summed E-state index contributed by atoms with van der Waals surface area (Å²) in [5.74, 6) is 0.0995. The molecular formula is C16H21FN2O2. The van der Waals surface area contributed by atoms with Crippen molar-refractivity contribution in [2.45, 2.75) is 25.4 Å². The maximum absolute atomic E-state index is 13.0. The van der Waals surface area contributed by atoms with Crippen molar-refractivity contribution in [1.82, 2.24) is 9.80 Å². The van der Waals surface area contributed by atoms with Gasteiger partial charge in [0.1, 0.15) is 12.4 Å². The Morgan fingerprint density at radius 2 is 1.95 bits per heavy atom. The number of aliphatic hydroxyl groups is 1. The summed E-state index contributed by atoms with van der Waals surface area (Å²) < 4.78 is 13.0. The topological polar surface area (TPSA) is 43.8 Å². The maximum atomic E-state index is 13.0. The van der Waals surface area contributed by atoms with Crippen LogP contribution in [-0.4, -0.2) is 53.1 Å². The number of carbonyl (C=O) groups excluding carboxylic acids is 1. The molecule has 2 atom stereocenters. The third kappa shape index (κ3) is 3.24. The van der Waals surface area contributed by atoms with Crippen molar-refractivity contribution in [2.75, 3.05) is 26.2 Å². The van der Waals surface area contributed by atoms with Crippen LogP contribution in [-0.2, 0) is 11.3 Å². The summed E-state index contributed by atoms with van der Waals surface area (Å²) in [6, 6.07) is 6.81. The van der Waals surface area contributed by atoms with Gasteiger partial charge in [-0.05, 0) is 36.5 Å². The number of hydrogen-bond donors (Lipinski definition) is 1. The zero-order valence-electron chi connectivity index (χ0n) is 12.0. The summed E-state index contributed by atoms with van der Waals surface area (Å²) in [5.41, 5.74) is 1.10. The molecule has 0 radical (unpaired) electrons. The molecule has 0 aromatic heterocycles. The highest BCUT2D eigenvalue weighted by Gasteiger charge is 2.36. The Kier molecular flexibility index (Phi) is 4.22. The predicted molar refractivity (Wildman–Crippen MR) is 77.0 cm³/mol. The van der Waals surface area contributed by atoms with Gasteiger partial charge in [-0.3, -0.25) is 9.69 Å². The van der Waals surface area contributed by atoms with E-state index in [2.05, 4.69) is 4.90 Å². The number of amides is 1. The normalized spacial score (nSPS) is 25.9. The molecule has 4 nitrogen and oxygen atoms in total. The molecule has 1 amide bonds. The van der Waals surface area contributed by atoms with Crippen molar-refractivity contribution in [3.63, 3.8) is 0 Å². The summed E-state index contributed by atoms with van der Waals surface area (Å²) in [5, 5.41) is 9.09. The predicted octanol–water partition coefficient (Wildman–Crippen LogP) is 1.24. The number of halogens is 1. The van der Waals surface area contributed by atoms with Crippen molar-refractivity contribution in [2.24, 2.45) is 5.92 Å². The minimum absolute atomic E-state index is 0.159.